The highest BCUT2D eigenvalue weighted by atomic mass is 35.5. The Morgan fingerprint density at radius 1 is 0.737 bits per heavy atom. The first-order valence-electron chi connectivity index (χ1n) is 10.8. The summed E-state index contributed by atoms with van der Waals surface area (Å²) < 4.78 is 14.9. The third-order valence-electron chi connectivity index (χ3n) is 4.98. The molecule has 0 aliphatic carbocycles. The van der Waals surface area contributed by atoms with Gasteiger partial charge in [-0.2, -0.15) is 0 Å². The van der Waals surface area contributed by atoms with Crippen molar-refractivity contribution in [2.75, 3.05) is 12.4 Å². The number of hydrogen-bond acceptors (Lipinski definition) is 8. The minimum absolute atomic E-state index is 0.0256. The average Bonchev–Trinajstić information content (AvgIpc) is 2.90. The van der Waals surface area contributed by atoms with E-state index in [-0.39, 0.29) is 32.4 Å². The van der Waals surface area contributed by atoms with Crippen molar-refractivity contribution < 1.29 is 43.3 Å². The maximum Gasteiger partial charge on any atom is 0.349 e. The maximum absolute atomic E-state index is 13.2. The molecule has 0 bridgehead atoms. The number of nitrogens with one attached hydrogen (secondary N) is 1. The highest BCUT2D eigenvalue weighted by Crippen LogP contribution is 2.22. The van der Waals surface area contributed by atoms with Crippen LogP contribution in [0.5, 0.6) is 0 Å². The second-order valence-electron chi connectivity index (χ2n) is 7.51. The van der Waals surface area contributed by atoms with Crippen LogP contribution in [-0.4, -0.2) is 54.2 Å². The van der Waals surface area contributed by atoms with E-state index in [1.54, 1.807) is 6.07 Å². The number of methoxy groups -OCH3 is 1. The van der Waals surface area contributed by atoms with Crippen molar-refractivity contribution in [3.05, 3.63) is 99.5 Å². The van der Waals surface area contributed by atoms with Crippen LogP contribution in [-0.2, 0) is 23.8 Å². The van der Waals surface area contributed by atoms with Gasteiger partial charge in [-0.05, 0) is 42.5 Å². The highest BCUT2D eigenvalue weighted by Gasteiger charge is 2.41. The number of esters is 3. The topological polar surface area (TPSA) is 145 Å². The van der Waals surface area contributed by atoms with Gasteiger partial charge < -0.3 is 24.6 Å². The molecule has 3 rings (SSSR count). The molecule has 0 unspecified atom stereocenters. The summed E-state index contributed by atoms with van der Waals surface area (Å²) in [5.74, 6) is -5.99. The van der Waals surface area contributed by atoms with Crippen molar-refractivity contribution in [3.8, 4) is 0 Å². The largest absolute Gasteiger partial charge is 0.478 e. The van der Waals surface area contributed by atoms with E-state index < -0.39 is 42.0 Å². The minimum Gasteiger partial charge on any atom is -0.478 e. The number of carbonyl (C=O) groups is 5. The first-order valence-corrected chi connectivity index (χ1v) is 11.5. The fraction of sp³-hybridized carbons (Fsp3) is 0.115. The van der Waals surface area contributed by atoms with Gasteiger partial charge in [0.25, 0.3) is 5.91 Å². The number of halogens is 2. The van der Waals surface area contributed by atoms with Gasteiger partial charge in [0.2, 0.25) is 12.2 Å². The van der Waals surface area contributed by atoms with Gasteiger partial charge in [-0.1, -0.05) is 53.5 Å². The average molecular weight is 560 g/mol. The van der Waals surface area contributed by atoms with E-state index in [2.05, 4.69) is 10.1 Å². The van der Waals surface area contributed by atoms with Gasteiger partial charge >= 0.3 is 23.9 Å². The molecule has 0 heterocycles. The molecule has 2 N–H and O–H groups in total. The summed E-state index contributed by atoms with van der Waals surface area (Å²) in [5.41, 5.74) is -0.225. The number of carboxylic acid groups (broad SMARTS) is 1. The number of ether oxygens (including phenoxy) is 3. The van der Waals surface area contributed by atoms with Crippen LogP contribution in [0.3, 0.4) is 0 Å². The summed E-state index contributed by atoms with van der Waals surface area (Å²) in [7, 11) is 1.17. The Balaban J connectivity index is 1.96. The van der Waals surface area contributed by atoms with Crippen LogP contribution in [0.2, 0.25) is 10.0 Å². The molecule has 0 saturated heterocycles. The Kier molecular flexibility index (Phi) is 9.42. The number of hydrogen-bond donors (Lipinski definition) is 2. The molecular weight excluding hydrogens is 541 g/mol. The number of carboxylic acids is 1. The van der Waals surface area contributed by atoms with Crippen molar-refractivity contribution in [3.63, 3.8) is 0 Å². The van der Waals surface area contributed by atoms with Gasteiger partial charge in [0.15, 0.2) is 0 Å². The fourth-order valence-corrected chi connectivity index (χ4v) is 3.59. The quantitative estimate of drug-likeness (QED) is 0.290. The first-order chi connectivity index (χ1) is 18.1. The molecule has 0 aliphatic rings. The molecular formula is C26H19Cl2NO9. The molecule has 0 spiro atoms. The van der Waals surface area contributed by atoms with E-state index in [0.717, 1.165) is 0 Å². The van der Waals surface area contributed by atoms with E-state index in [4.69, 9.17) is 32.7 Å². The van der Waals surface area contributed by atoms with Crippen molar-refractivity contribution >= 4 is 58.7 Å². The SMILES string of the molecule is COC(=O)c1cccc(NC(=O)[C@@H](OC(=O)c2ccccc2Cl)[C@@H](OC(=O)c2ccccc2Cl)C(=O)O)c1. The predicted octanol–water partition coefficient (Wildman–Crippen LogP) is 4.25. The van der Waals surface area contributed by atoms with Crippen LogP contribution in [0.4, 0.5) is 5.69 Å². The lowest BCUT2D eigenvalue weighted by Crippen LogP contribution is -2.48. The number of carbonyl (C=O) groups excluding carboxylic acids is 4. The molecule has 38 heavy (non-hydrogen) atoms. The second kappa shape index (κ2) is 12.7. The van der Waals surface area contributed by atoms with Crippen LogP contribution >= 0.6 is 23.2 Å². The monoisotopic (exact) mass is 559 g/mol. The normalized spacial score (nSPS) is 12.0. The fourth-order valence-electron chi connectivity index (χ4n) is 3.16. The van der Waals surface area contributed by atoms with Gasteiger partial charge in [0, 0.05) is 5.69 Å². The molecule has 196 valence electrons. The van der Waals surface area contributed by atoms with E-state index in [1.807, 2.05) is 0 Å². The number of aliphatic carboxylic acids is 1. The third kappa shape index (κ3) is 6.87. The number of rotatable bonds is 9. The molecule has 3 aromatic rings. The molecule has 3 aromatic carbocycles. The van der Waals surface area contributed by atoms with Crippen LogP contribution in [0.15, 0.2) is 72.8 Å². The van der Waals surface area contributed by atoms with E-state index in [9.17, 15) is 29.1 Å². The molecule has 1 amide bonds. The standard InChI is InChI=1S/C26H19Cl2NO9/c1-36-24(33)14-7-6-8-15(13-14)29-22(30)20(37-25(34)16-9-2-4-11-18(16)27)21(23(31)32)38-26(35)17-10-3-5-12-19(17)28/h2-13,20-21H,1H3,(H,29,30)(H,31,32)/t20-,21+/m0/s1. The van der Waals surface area contributed by atoms with Crippen molar-refractivity contribution in [1.82, 2.24) is 0 Å². The van der Waals surface area contributed by atoms with Gasteiger partial charge in [-0.15, -0.1) is 0 Å². The van der Waals surface area contributed by atoms with Gasteiger partial charge in [0.1, 0.15) is 0 Å². The first kappa shape index (κ1) is 28.2. The molecule has 2 atom stereocenters. The van der Waals surface area contributed by atoms with Crippen molar-refractivity contribution in [2.45, 2.75) is 12.2 Å². The summed E-state index contributed by atoms with van der Waals surface area (Å²) in [6.07, 6.45) is -4.49. The third-order valence-corrected chi connectivity index (χ3v) is 5.64. The van der Waals surface area contributed by atoms with E-state index >= 15 is 0 Å². The molecule has 10 nitrogen and oxygen atoms in total. The lowest BCUT2D eigenvalue weighted by atomic mass is 10.1. The Labute approximate surface area is 226 Å². The van der Waals surface area contributed by atoms with Gasteiger partial charge in [-0.3, -0.25) is 4.79 Å². The van der Waals surface area contributed by atoms with Gasteiger partial charge in [0.05, 0.1) is 33.8 Å². The van der Waals surface area contributed by atoms with Crippen LogP contribution in [0.25, 0.3) is 0 Å². The Morgan fingerprint density at radius 3 is 1.76 bits per heavy atom. The minimum atomic E-state index is -2.30. The smallest absolute Gasteiger partial charge is 0.349 e. The summed E-state index contributed by atoms with van der Waals surface area (Å²) in [4.78, 5) is 62.8. The Bertz CT molecular complexity index is 1390. The molecule has 0 radical (unpaired) electrons. The molecule has 0 fully saturated rings. The lowest BCUT2D eigenvalue weighted by Gasteiger charge is -2.24. The second-order valence-corrected chi connectivity index (χ2v) is 8.33. The number of amides is 1. The predicted molar refractivity (Wildman–Crippen MR) is 135 cm³/mol. The molecule has 12 heteroatoms. The number of benzene rings is 3. The summed E-state index contributed by atoms with van der Waals surface area (Å²) in [6, 6.07) is 16.9. The van der Waals surface area contributed by atoms with Crippen LogP contribution < -0.4 is 5.32 Å². The zero-order valence-electron chi connectivity index (χ0n) is 19.6. The van der Waals surface area contributed by atoms with E-state index in [0.29, 0.717) is 0 Å². The zero-order valence-corrected chi connectivity index (χ0v) is 21.1. The van der Waals surface area contributed by atoms with Crippen molar-refractivity contribution in [2.24, 2.45) is 0 Å². The van der Waals surface area contributed by atoms with Crippen LogP contribution in [0.1, 0.15) is 31.1 Å². The van der Waals surface area contributed by atoms with Crippen molar-refractivity contribution in [1.29, 1.82) is 0 Å². The lowest BCUT2D eigenvalue weighted by molar-refractivity contribution is -0.157. The van der Waals surface area contributed by atoms with Gasteiger partial charge in [-0.25, -0.2) is 19.2 Å². The molecule has 0 aliphatic heterocycles. The molecule has 0 saturated carbocycles. The number of anilines is 1. The summed E-state index contributed by atoms with van der Waals surface area (Å²) >= 11 is 12.0. The summed E-state index contributed by atoms with van der Waals surface area (Å²) in [6.45, 7) is 0. The highest BCUT2D eigenvalue weighted by molar-refractivity contribution is 6.34. The summed E-state index contributed by atoms with van der Waals surface area (Å²) in [5, 5.41) is 12.1. The zero-order chi connectivity index (χ0) is 27.8. The molecule has 0 aromatic heterocycles. The van der Waals surface area contributed by atoms with Crippen LogP contribution in [0, 0.1) is 0 Å². The maximum atomic E-state index is 13.2. The Hall–Kier alpha value is -4.41. The van der Waals surface area contributed by atoms with E-state index in [1.165, 1.54) is 73.8 Å². The Morgan fingerprint density at radius 2 is 1.26 bits per heavy atom.